The van der Waals surface area contributed by atoms with Crippen LogP contribution in [0.2, 0.25) is 5.02 Å². The quantitative estimate of drug-likeness (QED) is 0.626. The summed E-state index contributed by atoms with van der Waals surface area (Å²) in [6.07, 6.45) is 0.358. The molecule has 1 aliphatic rings. The largest absolute Gasteiger partial charge is 0.329 e. The van der Waals surface area contributed by atoms with E-state index in [0.717, 1.165) is 5.56 Å². The highest BCUT2D eigenvalue weighted by atomic mass is 35.5. The minimum Gasteiger partial charge on any atom is -0.329 e. The highest BCUT2D eigenvalue weighted by Crippen LogP contribution is 2.47. The van der Waals surface area contributed by atoms with E-state index in [1.165, 1.54) is 18.2 Å². The van der Waals surface area contributed by atoms with Crippen molar-refractivity contribution in [2.24, 2.45) is 5.73 Å². The lowest BCUT2D eigenvalue weighted by atomic mass is 9.96. The van der Waals surface area contributed by atoms with E-state index in [1.54, 1.807) is 48.5 Å². The van der Waals surface area contributed by atoms with Crippen LogP contribution in [0.1, 0.15) is 21.9 Å². The molecular weight excluding hydrogens is 442 g/mol. The Morgan fingerprint density at radius 1 is 0.933 bits per heavy atom. The first-order chi connectivity index (χ1) is 14.3. The van der Waals surface area contributed by atoms with Crippen LogP contribution in [0.4, 0.5) is 0 Å². The maximum Gasteiger partial charge on any atom is 0.186 e. The number of nitrogens with two attached hydrogens (primary N) is 1. The summed E-state index contributed by atoms with van der Waals surface area (Å²) in [7, 11) is -7.88. The van der Waals surface area contributed by atoms with Gasteiger partial charge in [0, 0.05) is 11.6 Å². The van der Waals surface area contributed by atoms with E-state index in [4.69, 9.17) is 17.3 Å². The normalized spacial score (nSPS) is 20.1. The molecule has 0 amide bonds. The highest BCUT2D eigenvalue weighted by molar-refractivity contribution is 7.96. The number of halogens is 1. The second-order valence-electron chi connectivity index (χ2n) is 7.23. The average molecular weight is 462 g/mol. The van der Waals surface area contributed by atoms with E-state index in [2.05, 4.69) is 0 Å². The van der Waals surface area contributed by atoms with Gasteiger partial charge in [-0.15, -0.1) is 0 Å². The van der Waals surface area contributed by atoms with E-state index in [1.807, 2.05) is 6.07 Å². The van der Waals surface area contributed by atoms with Crippen molar-refractivity contribution in [3.63, 3.8) is 0 Å². The third-order valence-corrected chi connectivity index (χ3v) is 10.2. The van der Waals surface area contributed by atoms with Gasteiger partial charge in [0.1, 0.15) is 5.25 Å². The highest BCUT2D eigenvalue weighted by Gasteiger charge is 2.51. The maximum absolute atomic E-state index is 13.6. The fourth-order valence-corrected chi connectivity index (χ4v) is 9.02. The van der Waals surface area contributed by atoms with E-state index >= 15 is 0 Å². The first-order valence-electron chi connectivity index (χ1n) is 9.36. The summed E-state index contributed by atoms with van der Waals surface area (Å²) >= 11 is 6.09. The number of benzene rings is 3. The molecule has 3 aromatic carbocycles. The molecule has 1 heterocycles. The fourth-order valence-electron chi connectivity index (χ4n) is 4.06. The predicted molar refractivity (Wildman–Crippen MR) is 117 cm³/mol. The van der Waals surface area contributed by atoms with Gasteiger partial charge in [0.2, 0.25) is 0 Å². The molecule has 2 atom stereocenters. The topological polar surface area (TPSA) is 94.3 Å². The Morgan fingerprint density at radius 2 is 1.63 bits per heavy atom. The Hall–Kier alpha value is -2.19. The zero-order valence-electron chi connectivity index (χ0n) is 15.9. The molecule has 0 bridgehead atoms. The van der Waals surface area contributed by atoms with Crippen molar-refractivity contribution in [3.8, 4) is 0 Å². The standard InChI is InChI=1S/C22H20ClNO4S2/c23-17-8-4-6-15(13-17)12-16-7-5-11-19-21(16)22(20(14-24)30(19,27)28)29(25,26)18-9-2-1-3-10-18/h1-11,13,20,22H,12,14,24H2. The number of hydrogen-bond acceptors (Lipinski definition) is 5. The molecular formula is C22H20ClNO4S2. The van der Waals surface area contributed by atoms with Crippen LogP contribution in [0.15, 0.2) is 82.6 Å². The summed E-state index contributed by atoms with van der Waals surface area (Å²) in [5.74, 6) is 0. The van der Waals surface area contributed by atoms with Gasteiger partial charge in [-0.3, -0.25) is 0 Å². The van der Waals surface area contributed by atoms with Gasteiger partial charge in [-0.25, -0.2) is 16.8 Å². The molecule has 0 saturated heterocycles. The number of sulfone groups is 2. The van der Waals surface area contributed by atoms with Gasteiger partial charge in [0.15, 0.2) is 19.7 Å². The molecule has 30 heavy (non-hydrogen) atoms. The third kappa shape index (κ3) is 3.46. The first-order valence-corrected chi connectivity index (χ1v) is 12.8. The molecule has 2 unspecified atom stereocenters. The van der Waals surface area contributed by atoms with E-state index in [9.17, 15) is 16.8 Å². The lowest BCUT2D eigenvalue weighted by Crippen LogP contribution is -2.34. The zero-order valence-corrected chi connectivity index (χ0v) is 18.3. The molecule has 2 N–H and O–H groups in total. The van der Waals surface area contributed by atoms with E-state index < -0.39 is 30.2 Å². The summed E-state index contributed by atoms with van der Waals surface area (Å²) in [5.41, 5.74) is 7.63. The monoisotopic (exact) mass is 461 g/mol. The average Bonchev–Trinajstić information content (AvgIpc) is 2.97. The lowest BCUT2D eigenvalue weighted by molar-refractivity contribution is 0.564. The van der Waals surface area contributed by atoms with Crippen LogP contribution in [-0.4, -0.2) is 28.6 Å². The summed E-state index contributed by atoms with van der Waals surface area (Å²) in [5, 5.41) is -1.94. The van der Waals surface area contributed by atoms with E-state index in [0.29, 0.717) is 22.6 Å². The molecule has 0 aromatic heterocycles. The Kier molecular flexibility index (Phi) is 5.48. The van der Waals surface area contributed by atoms with Crippen molar-refractivity contribution in [1.82, 2.24) is 0 Å². The zero-order chi connectivity index (χ0) is 21.5. The summed E-state index contributed by atoms with van der Waals surface area (Å²) in [6.45, 7) is -0.287. The molecule has 1 aliphatic heterocycles. The number of rotatable bonds is 5. The molecule has 0 saturated carbocycles. The third-order valence-electron chi connectivity index (χ3n) is 5.41. The van der Waals surface area contributed by atoms with Crippen molar-refractivity contribution in [2.75, 3.05) is 6.54 Å². The Balaban J connectivity index is 1.94. The number of fused-ring (bicyclic) bond motifs is 1. The molecule has 0 aliphatic carbocycles. The van der Waals surface area contributed by atoms with Gasteiger partial charge in [-0.2, -0.15) is 0 Å². The molecule has 0 fully saturated rings. The molecule has 156 valence electrons. The number of hydrogen-bond donors (Lipinski definition) is 1. The Bertz CT molecular complexity index is 1310. The fraction of sp³-hybridized carbons (Fsp3) is 0.182. The van der Waals surface area contributed by atoms with Gasteiger partial charge in [0.25, 0.3) is 0 Å². The van der Waals surface area contributed by atoms with Crippen LogP contribution in [0.25, 0.3) is 0 Å². The van der Waals surface area contributed by atoms with E-state index in [-0.39, 0.29) is 16.3 Å². The summed E-state index contributed by atoms with van der Waals surface area (Å²) in [6, 6.07) is 20.0. The van der Waals surface area contributed by atoms with Crippen molar-refractivity contribution in [3.05, 3.63) is 94.5 Å². The summed E-state index contributed by atoms with van der Waals surface area (Å²) in [4.78, 5) is 0.121. The maximum atomic E-state index is 13.6. The molecule has 0 radical (unpaired) electrons. The molecule has 3 aromatic rings. The molecule has 4 rings (SSSR count). The van der Waals surface area contributed by atoms with Gasteiger partial charge in [0.05, 0.1) is 15.0 Å². The van der Waals surface area contributed by atoms with Crippen LogP contribution in [-0.2, 0) is 26.1 Å². The van der Waals surface area contributed by atoms with Crippen molar-refractivity contribution >= 4 is 31.3 Å². The SMILES string of the molecule is NCC1C(S(=O)(=O)c2ccccc2)c2c(Cc3cccc(Cl)c3)cccc2S1(=O)=O. The van der Waals surface area contributed by atoms with Gasteiger partial charge < -0.3 is 5.73 Å². The minimum atomic E-state index is -3.99. The van der Waals surface area contributed by atoms with Crippen LogP contribution in [0.3, 0.4) is 0 Å². The second-order valence-corrected chi connectivity index (χ2v) is 11.9. The van der Waals surface area contributed by atoms with Crippen molar-refractivity contribution in [2.45, 2.75) is 26.7 Å². The molecule has 0 spiro atoms. The van der Waals surface area contributed by atoms with Crippen LogP contribution >= 0.6 is 11.6 Å². The lowest BCUT2D eigenvalue weighted by Gasteiger charge is -2.20. The van der Waals surface area contributed by atoms with Crippen LogP contribution in [0, 0.1) is 0 Å². The first kappa shape index (κ1) is 21.1. The van der Waals surface area contributed by atoms with Gasteiger partial charge >= 0.3 is 0 Å². The summed E-state index contributed by atoms with van der Waals surface area (Å²) < 4.78 is 53.5. The predicted octanol–water partition coefficient (Wildman–Crippen LogP) is 3.56. The van der Waals surface area contributed by atoms with Crippen molar-refractivity contribution < 1.29 is 16.8 Å². The molecule has 8 heteroatoms. The Morgan fingerprint density at radius 3 is 2.30 bits per heavy atom. The van der Waals surface area contributed by atoms with Crippen LogP contribution in [0.5, 0.6) is 0 Å². The minimum absolute atomic E-state index is 0.0435. The van der Waals surface area contributed by atoms with Crippen molar-refractivity contribution in [1.29, 1.82) is 0 Å². The Labute approximate surface area is 181 Å². The molecule has 5 nitrogen and oxygen atoms in total. The van der Waals surface area contributed by atoms with Crippen LogP contribution < -0.4 is 5.73 Å². The van der Waals surface area contributed by atoms with Gasteiger partial charge in [-0.1, -0.05) is 54.1 Å². The second kappa shape index (κ2) is 7.81. The smallest absolute Gasteiger partial charge is 0.186 e. The van der Waals surface area contributed by atoms with Gasteiger partial charge in [-0.05, 0) is 53.4 Å².